The molecular weight excluding hydrogens is 344 g/mol. The summed E-state index contributed by atoms with van der Waals surface area (Å²) < 4.78 is 2.13. The highest BCUT2D eigenvalue weighted by atomic mass is 79.9. The first kappa shape index (κ1) is 12.6. The second kappa shape index (κ2) is 6.17. The zero-order valence-corrected chi connectivity index (χ0v) is 12.3. The molecule has 0 aliphatic rings. The Hall–Kier alpha value is -0.870. The highest BCUT2D eigenvalue weighted by Crippen LogP contribution is 2.30. The normalized spacial score (nSPS) is 10.2. The van der Waals surface area contributed by atoms with Gasteiger partial charge in [0.15, 0.2) is 0 Å². The van der Waals surface area contributed by atoms with Crippen LogP contribution in [0.3, 0.4) is 0 Å². The fraction of sp³-hybridized carbons (Fsp3) is 0.154. The topological polar surface area (TPSA) is 24.9 Å². The van der Waals surface area contributed by atoms with Crippen LogP contribution >= 0.6 is 31.9 Å². The Morgan fingerprint density at radius 1 is 1.00 bits per heavy atom. The molecule has 0 unspecified atom stereocenters. The number of anilines is 1. The lowest BCUT2D eigenvalue weighted by Crippen LogP contribution is -2.06. The number of rotatable bonds is 4. The number of hydrogen-bond acceptors (Lipinski definition) is 2. The van der Waals surface area contributed by atoms with E-state index in [2.05, 4.69) is 42.2 Å². The van der Waals surface area contributed by atoms with Gasteiger partial charge in [-0.2, -0.15) is 0 Å². The van der Waals surface area contributed by atoms with E-state index in [4.69, 9.17) is 0 Å². The van der Waals surface area contributed by atoms with Crippen molar-refractivity contribution in [1.29, 1.82) is 0 Å². The van der Waals surface area contributed by atoms with Gasteiger partial charge in [0.05, 0.1) is 5.69 Å². The van der Waals surface area contributed by atoms with Crippen molar-refractivity contribution in [2.75, 3.05) is 11.9 Å². The van der Waals surface area contributed by atoms with Crippen molar-refractivity contribution >= 4 is 37.5 Å². The highest BCUT2D eigenvalue weighted by Gasteiger charge is 2.03. The van der Waals surface area contributed by atoms with Gasteiger partial charge in [-0.05, 0) is 56.1 Å². The Balaban J connectivity index is 1.95. The zero-order valence-electron chi connectivity index (χ0n) is 9.16. The van der Waals surface area contributed by atoms with Gasteiger partial charge in [0.25, 0.3) is 0 Å². The third-order valence-electron chi connectivity index (χ3n) is 2.37. The number of nitrogens with zero attached hydrogens (tertiary/aromatic N) is 1. The lowest BCUT2D eigenvalue weighted by molar-refractivity contribution is 0.960. The maximum Gasteiger partial charge on any atom is 0.0629 e. The summed E-state index contributed by atoms with van der Waals surface area (Å²) in [4.78, 5) is 4.29. The Morgan fingerprint density at radius 2 is 1.76 bits per heavy atom. The van der Waals surface area contributed by atoms with E-state index in [1.165, 1.54) is 0 Å². The SMILES string of the molecule is Brc1cccc(Br)c1NCCc1ccccn1. The number of halogens is 2. The van der Waals surface area contributed by atoms with Crippen molar-refractivity contribution in [3.63, 3.8) is 0 Å². The molecule has 1 heterocycles. The first-order valence-electron chi connectivity index (χ1n) is 5.35. The second-order valence-corrected chi connectivity index (χ2v) is 5.30. The van der Waals surface area contributed by atoms with E-state index < -0.39 is 0 Å². The molecule has 0 spiro atoms. The van der Waals surface area contributed by atoms with Crippen LogP contribution in [0.1, 0.15) is 5.69 Å². The molecule has 4 heteroatoms. The summed E-state index contributed by atoms with van der Waals surface area (Å²) >= 11 is 7.05. The molecule has 0 amide bonds. The Morgan fingerprint density at radius 3 is 2.41 bits per heavy atom. The fourth-order valence-electron chi connectivity index (χ4n) is 1.53. The third kappa shape index (κ3) is 3.54. The van der Waals surface area contributed by atoms with E-state index in [0.717, 1.165) is 33.3 Å². The maximum atomic E-state index is 4.29. The van der Waals surface area contributed by atoms with E-state index >= 15 is 0 Å². The minimum absolute atomic E-state index is 0.859. The van der Waals surface area contributed by atoms with Crippen LogP contribution in [0, 0.1) is 0 Å². The van der Waals surface area contributed by atoms with Crippen LogP contribution in [-0.2, 0) is 6.42 Å². The molecule has 0 saturated carbocycles. The standard InChI is InChI=1S/C13H12Br2N2/c14-11-5-3-6-12(15)13(11)17-9-7-10-4-1-2-8-16-10/h1-6,8,17H,7,9H2. The molecule has 0 fully saturated rings. The fourth-order valence-corrected chi connectivity index (χ4v) is 2.81. The molecule has 0 atom stereocenters. The number of benzene rings is 1. The predicted octanol–water partition coefficient (Wildman–Crippen LogP) is 4.26. The average Bonchev–Trinajstić information content (AvgIpc) is 2.34. The van der Waals surface area contributed by atoms with Gasteiger partial charge < -0.3 is 5.32 Å². The third-order valence-corrected chi connectivity index (χ3v) is 3.69. The molecule has 0 aliphatic carbocycles. The van der Waals surface area contributed by atoms with Gasteiger partial charge in [-0.3, -0.25) is 4.98 Å². The summed E-state index contributed by atoms with van der Waals surface area (Å²) in [6.07, 6.45) is 2.73. The highest BCUT2D eigenvalue weighted by molar-refractivity contribution is 9.11. The minimum atomic E-state index is 0.859. The second-order valence-electron chi connectivity index (χ2n) is 3.59. The molecule has 0 bridgehead atoms. The maximum absolute atomic E-state index is 4.29. The number of pyridine rings is 1. The lowest BCUT2D eigenvalue weighted by Gasteiger charge is -2.10. The summed E-state index contributed by atoms with van der Waals surface area (Å²) in [5, 5.41) is 3.40. The van der Waals surface area contributed by atoms with Crippen LogP contribution in [0.4, 0.5) is 5.69 Å². The summed E-state index contributed by atoms with van der Waals surface area (Å²) in [5.74, 6) is 0. The largest absolute Gasteiger partial charge is 0.383 e. The summed E-state index contributed by atoms with van der Waals surface area (Å²) in [5.41, 5.74) is 2.19. The van der Waals surface area contributed by atoms with Crippen molar-refractivity contribution in [1.82, 2.24) is 4.98 Å². The van der Waals surface area contributed by atoms with E-state index in [9.17, 15) is 0 Å². The molecule has 1 aromatic carbocycles. The van der Waals surface area contributed by atoms with Gasteiger partial charge in [0.1, 0.15) is 0 Å². The molecule has 2 nitrogen and oxygen atoms in total. The Labute approximate surface area is 118 Å². The predicted molar refractivity (Wildman–Crippen MR) is 78.3 cm³/mol. The molecule has 0 radical (unpaired) electrons. The van der Waals surface area contributed by atoms with Crippen LogP contribution in [0.25, 0.3) is 0 Å². The van der Waals surface area contributed by atoms with Gasteiger partial charge in [-0.25, -0.2) is 0 Å². The lowest BCUT2D eigenvalue weighted by atomic mass is 10.2. The quantitative estimate of drug-likeness (QED) is 0.886. The van der Waals surface area contributed by atoms with Crippen LogP contribution < -0.4 is 5.32 Å². The molecule has 17 heavy (non-hydrogen) atoms. The molecular formula is C13H12Br2N2. The minimum Gasteiger partial charge on any atom is -0.383 e. The van der Waals surface area contributed by atoms with E-state index in [1.807, 2.05) is 42.6 Å². The monoisotopic (exact) mass is 354 g/mol. The molecule has 2 aromatic rings. The average molecular weight is 356 g/mol. The number of para-hydroxylation sites is 1. The van der Waals surface area contributed by atoms with E-state index in [1.54, 1.807) is 0 Å². The zero-order chi connectivity index (χ0) is 12.1. The van der Waals surface area contributed by atoms with Crippen molar-refractivity contribution < 1.29 is 0 Å². The smallest absolute Gasteiger partial charge is 0.0629 e. The summed E-state index contributed by atoms with van der Waals surface area (Å²) in [6, 6.07) is 12.0. The van der Waals surface area contributed by atoms with Gasteiger partial charge >= 0.3 is 0 Å². The molecule has 2 rings (SSSR count). The number of hydrogen-bond donors (Lipinski definition) is 1. The van der Waals surface area contributed by atoms with Crippen molar-refractivity contribution in [2.45, 2.75) is 6.42 Å². The Bertz CT molecular complexity index is 466. The first-order chi connectivity index (χ1) is 8.27. The van der Waals surface area contributed by atoms with Gasteiger partial charge in [0, 0.05) is 33.8 Å². The van der Waals surface area contributed by atoms with Crippen LogP contribution in [-0.4, -0.2) is 11.5 Å². The molecule has 0 aliphatic heterocycles. The van der Waals surface area contributed by atoms with Crippen molar-refractivity contribution in [3.05, 3.63) is 57.2 Å². The van der Waals surface area contributed by atoms with E-state index in [0.29, 0.717) is 0 Å². The van der Waals surface area contributed by atoms with Crippen molar-refractivity contribution in [2.24, 2.45) is 0 Å². The number of aromatic nitrogens is 1. The van der Waals surface area contributed by atoms with Crippen LogP contribution in [0.2, 0.25) is 0 Å². The van der Waals surface area contributed by atoms with Crippen molar-refractivity contribution in [3.8, 4) is 0 Å². The summed E-state index contributed by atoms with van der Waals surface area (Å²) in [7, 11) is 0. The first-order valence-corrected chi connectivity index (χ1v) is 6.94. The molecule has 88 valence electrons. The van der Waals surface area contributed by atoms with Crippen LogP contribution in [0.5, 0.6) is 0 Å². The Kier molecular flexibility index (Phi) is 4.57. The van der Waals surface area contributed by atoms with Gasteiger partial charge in [-0.1, -0.05) is 12.1 Å². The van der Waals surface area contributed by atoms with Gasteiger partial charge in [0.2, 0.25) is 0 Å². The van der Waals surface area contributed by atoms with E-state index in [-0.39, 0.29) is 0 Å². The molecule has 1 aromatic heterocycles. The molecule has 0 saturated heterocycles. The molecule has 1 N–H and O–H groups in total. The summed E-state index contributed by atoms with van der Waals surface area (Å²) in [6.45, 7) is 0.859. The van der Waals surface area contributed by atoms with Crippen LogP contribution in [0.15, 0.2) is 51.5 Å². The number of nitrogens with one attached hydrogen (secondary N) is 1. The van der Waals surface area contributed by atoms with Gasteiger partial charge in [-0.15, -0.1) is 0 Å².